The molecule has 0 aliphatic carbocycles. The van der Waals surface area contributed by atoms with Gasteiger partial charge < -0.3 is 5.11 Å². The van der Waals surface area contributed by atoms with Crippen molar-refractivity contribution in [1.82, 2.24) is 9.55 Å². The molecule has 1 heterocycles. The summed E-state index contributed by atoms with van der Waals surface area (Å²) in [6.45, 7) is 3.58. The number of rotatable bonds is 3. The molecule has 1 unspecified atom stereocenters. The van der Waals surface area contributed by atoms with Gasteiger partial charge in [-0.15, -0.1) is 0 Å². The zero-order valence-corrected chi connectivity index (χ0v) is 10.5. The van der Waals surface area contributed by atoms with Crippen molar-refractivity contribution in [3.8, 4) is 6.07 Å². The first kappa shape index (κ1) is 12.3. The molecule has 0 saturated carbocycles. The highest BCUT2D eigenvalue weighted by molar-refractivity contribution is 5.80. The van der Waals surface area contributed by atoms with E-state index in [0.29, 0.717) is 12.1 Å². The van der Waals surface area contributed by atoms with Crippen LogP contribution >= 0.6 is 0 Å². The fraction of sp³-hybridized carbons (Fsp3) is 0.286. The molecule has 0 aliphatic rings. The number of nitrogens with zero attached hydrogens (tertiary/aromatic N) is 3. The standard InChI is InChI=1S/C14H15N3O/c1-3-14(2,18)13(8-9-15)17-10-16-11-6-4-5-7-12(11)17/h4-8,10,18H,3H2,1-2H3/b13-8-. The SMILES string of the molecule is CCC(C)(O)/C(=C/C#N)n1cnc2ccccc21. The number of benzene rings is 1. The van der Waals surface area contributed by atoms with Gasteiger partial charge in [-0.3, -0.25) is 4.57 Å². The molecule has 0 bridgehead atoms. The van der Waals surface area contributed by atoms with Gasteiger partial charge in [0, 0.05) is 6.08 Å². The molecule has 2 aromatic rings. The van der Waals surface area contributed by atoms with Crippen molar-refractivity contribution >= 4 is 16.7 Å². The minimum atomic E-state index is -1.06. The Morgan fingerprint density at radius 2 is 2.28 bits per heavy atom. The average Bonchev–Trinajstić information content (AvgIpc) is 2.79. The molecular formula is C14H15N3O. The molecule has 0 radical (unpaired) electrons. The Bertz CT molecular complexity index is 632. The summed E-state index contributed by atoms with van der Waals surface area (Å²) in [6, 6.07) is 9.62. The van der Waals surface area contributed by atoms with Gasteiger partial charge in [0.05, 0.1) is 22.8 Å². The third kappa shape index (κ3) is 2.01. The van der Waals surface area contributed by atoms with E-state index in [1.165, 1.54) is 6.08 Å². The monoisotopic (exact) mass is 241 g/mol. The molecule has 18 heavy (non-hydrogen) atoms. The first-order valence-electron chi connectivity index (χ1n) is 5.85. The molecule has 0 aliphatic heterocycles. The summed E-state index contributed by atoms with van der Waals surface area (Å²) in [4.78, 5) is 4.27. The second-order valence-corrected chi connectivity index (χ2v) is 4.39. The molecule has 0 fully saturated rings. The van der Waals surface area contributed by atoms with Crippen molar-refractivity contribution in [2.24, 2.45) is 0 Å². The fourth-order valence-electron chi connectivity index (χ4n) is 1.88. The predicted molar refractivity (Wildman–Crippen MR) is 70.5 cm³/mol. The van der Waals surface area contributed by atoms with Crippen molar-refractivity contribution in [2.45, 2.75) is 25.9 Å². The quantitative estimate of drug-likeness (QED) is 0.840. The van der Waals surface area contributed by atoms with Crippen molar-refractivity contribution in [3.05, 3.63) is 36.7 Å². The van der Waals surface area contributed by atoms with Gasteiger partial charge in [0.1, 0.15) is 11.9 Å². The van der Waals surface area contributed by atoms with Crippen LogP contribution in [0.25, 0.3) is 16.7 Å². The van der Waals surface area contributed by atoms with E-state index in [-0.39, 0.29) is 0 Å². The summed E-state index contributed by atoms with van der Waals surface area (Å²) in [7, 11) is 0. The Kier molecular flexibility index (Phi) is 3.17. The summed E-state index contributed by atoms with van der Waals surface area (Å²) in [5.41, 5.74) is 1.21. The summed E-state index contributed by atoms with van der Waals surface area (Å²) < 4.78 is 1.77. The van der Waals surface area contributed by atoms with Gasteiger partial charge in [0.15, 0.2) is 0 Å². The van der Waals surface area contributed by atoms with Gasteiger partial charge in [-0.1, -0.05) is 19.1 Å². The Balaban J connectivity index is 2.65. The second kappa shape index (κ2) is 4.63. The average molecular weight is 241 g/mol. The van der Waals surface area contributed by atoms with Crippen LogP contribution in [-0.4, -0.2) is 20.3 Å². The lowest BCUT2D eigenvalue weighted by Crippen LogP contribution is -2.27. The molecule has 0 saturated heterocycles. The highest BCUT2D eigenvalue weighted by atomic mass is 16.3. The highest BCUT2D eigenvalue weighted by Gasteiger charge is 2.26. The maximum Gasteiger partial charge on any atom is 0.103 e. The highest BCUT2D eigenvalue weighted by Crippen LogP contribution is 2.27. The number of imidazole rings is 1. The van der Waals surface area contributed by atoms with E-state index in [9.17, 15) is 5.11 Å². The number of fused-ring (bicyclic) bond motifs is 1. The molecule has 1 atom stereocenters. The lowest BCUT2D eigenvalue weighted by Gasteiger charge is -2.25. The van der Waals surface area contributed by atoms with Gasteiger partial charge in [-0.2, -0.15) is 5.26 Å². The van der Waals surface area contributed by atoms with Crippen LogP contribution in [0, 0.1) is 11.3 Å². The second-order valence-electron chi connectivity index (χ2n) is 4.39. The summed E-state index contributed by atoms with van der Waals surface area (Å²) in [5, 5.41) is 19.3. The molecule has 1 aromatic heterocycles. The lowest BCUT2D eigenvalue weighted by atomic mass is 9.98. The largest absolute Gasteiger partial charge is 0.384 e. The Morgan fingerprint density at radius 1 is 1.56 bits per heavy atom. The normalized spacial score (nSPS) is 15.3. The first-order chi connectivity index (χ1) is 8.60. The molecule has 1 aromatic carbocycles. The number of aromatic nitrogens is 2. The zero-order chi connectivity index (χ0) is 13.2. The topological polar surface area (TPSA) is 61.8 Å². The van der Waals surface area contributed by atoms with Crippen LogP contribution < -0.4 is 0 Å². The van der Waals surface area contributed by atoms with Crippen molar-refractivity contribution < 1.29 is 5.11 Å². The van der Waals surface area contributed by atoms with Crippen LogP contribution in [0.3, 0.4) is 0 Å². The lowest BCUT2D eigenvalue weighted by molar-refractivity contribution is 0.113. The third-order valence-corrected chi connectivity index (χ3v) is 3.15. The fourth-order valence-corrected chi connectivity index (χ4v) is 1.88. The molecule has 0 amide bonds. The van der Waals surface area contributed by atoms with Gasteiger partial charge in [0.2, 0.25) is 0 Å². The smallest absolute Gasteiger partial charge is 0.103 e. The van der Waals surface area contributed by atoms with E-state index in [0.717, 1.165) is 11.0 Å². The van der Waals surface area contributed by atoms with Crippen LogP contribution in [0.2, 0.25) is 0 Å². The van der Waals surface area contributed by atoms with Gasteiger partial charge in [-0.05, 0) is 25.5 Å². The van der Waals surface area contributed by atoms with Crippen LogP contribution in [0.15, 0.2) is 36.7 Å². The summed E-state index contributed by atoms with van der Waals surface area (Å²) >= 11 is 0. The van der Waals surface area contributed by atoms with E-state index in [1.54, 1.807) is 17.8 Å². The van der Waals surface area contributed by atoms with E-state index >= 15 is 0 Å². The van der Waals surface area contributed by atoms with Gasteiger partial charge in [0.25, 0.3) is 0 Å². The number of aliphatic hydroxyl groups is 1. The van der Waals surface area contributed by atoms with E-state index in [4.69, 9.17) is 5.26 Å². The Morgan fingerprint density at radius 3 is 2.94 bits per heavy atom. The van der Waals surface area contributed by atoms with Crippen LogP contribution in [0.5, 0.6) is 0 Å². The van der Waals surface area contributed by atoms with E-state index in [1.807, 2.05) is 37.3 Å². The van der Waals surface area contributed by atoms with Gasteiger partial charge >= 0.3 is 0 Å². The number of hydrogen-bond acceptors (Lipinski definition) is 3. The number of allylic oxidation sites excluding steroid dienone is 1. The first-order valence-corrected chi connectivity index (χ1v) is 5.85. The molecule has 4 heteroatoms. The number of nitriles is 1. The Labute approximate surface area is 106 Å². The summed E-state index contributed by atoms with van der Waals surface area (Å²) in [5.74, 6) is 0. The zero-order valence-electron chi connectivity index (χ0n) is 10.5. The van der Waals surface area contributed by atoms with Gasteiger partial charge in [-0.25, -0.2) is 4.98 Å². The number of hydrogen-bond donors (Lipinski definition) is 1. The molecule has 92 valence electrons. The van der Waals surface area contributed by atoms with E-state index < -0.39 is 5.60 Å². The summed E-state index contributed by atoms with van der Waals surface area (Å²) in [6.07, 6.45) is 3.53. The van der Waals surface area contributed by atoms with Crippen LogP contribution in [0.1, 0.15) is 20.3 Å². The van der Waals surface area contributed by atoms with Crippen molar-refractivity contribution in [3.63, 3.8) is 0 Å². The molecule has 1 N–H and O–H groups in total. The minimum Gasteiger partial charge on any atom is -0.384 e. The third-order valence-electron chi connectivity index (χ3n) is 3.15. The predicted octanol–water partition coefficient (Wildman–Crippen LogP) is 2.56. The molecule has 2 rings (SSSR count). The maximum absolute atomic E-state index is 10.4. The molecule has 4 nitrogen and oxygen atoms in total. The van der Waals surface area contributed by atoms with Crippen LogP contribution in [-0.2, 0) is 0 Å². The van der Waals surface area contributed by atoms with Crippen molar-refractivity contribution in [2.75, 3.05) is 0 Å². The van der Waals surface area contributed by atoms with Crippen molar-refractivity contribution in [1.29, 1.82) is 5.26 Å². The Hall–Kier alpha value is -2.12. The minimum absolute atomic E-state index is 0.521. The maximum atomic E-state index is 10.4. The molecule has 0 spiro atoms. The van der Waals surface area contributed by atoms with Crippen LogP contribution in [0.4, 0.5) is 0 Å². The number of para-hydroxylation sites is 2. The molecular weight excluding hydrogens is 226 g/mol. The van der Waals surface area contributed by atoms with E-state index in [2.05, 4.69) is 4.98 Å².